The first-order valence-electron chi connectivity index (χ1n) is 6.23. The minimum atomic E-state index is -4.55. The smallest absolute Gasteiger partial charge is 0.422 e. The summed E-state index contributed by atoms with van der Waals surface area (Å²) in [5, 5.41) is 2.18. The van der Waals surface area contributed by atoms with E-state index in [1.54, 1.807) is 12.1 Å². The van der Waals surface area contributed by atoms with Gasteiger partial charge in [-0.3, -0.25) is 5.32 Å². The van der Waals surface area contributed by atoms with Gasteiger partial charge in [-0.15, -0.1) is 0 Å². The molecule has 1 amide bonds. The van der Waals surface area contributed by atoms with Crippen molar-refractivity contribution >= 4 is 17.6 Å². The van der Waals surface area contributed by atoms with Gasteiger partial charge < -0.3 is 14.4 Å². The molecule has 6 nitrogen and oxygen atoms in total. The Morgan fingerprint density at radius 1 is 1.38 bits per heavy atom. The zero-order valence-electron chi connectivity index (χ0n) is 11.0. The standard InChI is InChI=1S/C12H14F3N3O3/c13-12(14,15)8-21-11(19)17-9-1-2-10(16-7-9)18-3-5-20-6-4-18/h1-2,7H,3-6,8H2,(H,17,19). The first-order valence-corrected chi connectivity index (χ1v) is 6.23. The third kappa shape index (κ3) is 5.10. The SMILES string of the molecule is O=C(Nc1ccc(N2CCOCC2)nc1)OCC(F)(F)F. The Morgan fingerprint density at radius 2 is 2.10 bits per heavy atom. The van der Waals surface area contributed by atoms with E-state index in [2.05, 4.69) is 15.0 Å². The number of carbonyl (C=O) groups is 1. The van der Waals surface area contributed by atoms with E-state index in [-0.39, 0.29) is 5.69 Å². The average Bonchev–Trinajstić information content (AvgIpc) is 2.46. The molecule has 21 heavy (non-hydrogen) atoms. The van der Waals surface area contributed by atoms with E-state index < -0.39 is 18.9 Å². The van der Waals surface area contributed by atoms with E-state index >= 15 is 0 Å². The second kappa shape index (κ2) is 6.61. The minimum absolute atomic E-state index is 0.263. The number of ether oxygens (including phenoxy) is 2. The first kappa shape index (κ1) is 15.4. The summed E-state index contributed by atoms with van der Waals surface area (Å²) in [6, 6.07) is 3.22. The van der Waals surface area contributed by atoms with Gasteiger partial charge in [-0.2, -0.15) is 13.2 Å². The molecule has 1 fully saturated rings. The molecular formula is C12H14F3N3O3. The Kier molecular flexibility index (Phi) is 4.84. The van der Waals surface area contributed by atoms with E-state index in [1.807, 2.05) is 4.90 Å². The van der Waals surface area contributed by atoms with Crippen LogP contribution in [0.4, 0.5) is 29.5 Å². The molecule has 1 N–H and O–H groups in total. The number of anilines is 2. The van der Waals surface area contributed by atoms with Gasteiger partial charge in [-0.25, -0.2) is 9.78 Å². The number of nitrogens with one attached hydrogen (secondary N) is 1. The van der Waals surface area contributed by atoms with Gasteiger partial charge in [0.15, 0.2) is 6.61 Å². The Labute approximate surface area is 118 Å². The molecule has 116 valence electrons. The van der Waals surface area contributed by atoms with E-state index in [0.717, 1.165) is 0 Å². The van der Waals surface area contributed by atoms with Gasteiger partial charge in [-0.05, 0) is 12.1 Å². The number of carbonyl (C=O) groups excluding carboxylic acids is 1. The molecule has 0 unspecified atom stereocenters. The van der Waals surface area contributed by atoms with Crippen LogP contribution in [0.15, 0.2) is 18.3 Å². The van der Waals surface area contributed by atoms with Crippen LogP contribution in [0, 0.1) is 0 Å². The number of hydrogen-bond donors (Lipinski definition) is 1. The summed E-state index contributed by atoms with van der Waals surface area (Å²) in [4.78, 5) is 17.3. The van der Waals surface area contributed by atoms with Gasteiger partial charge in [0.2, 0.25) is 0 Å². The van der Waals surface area contributed by atoms with Gasteiger partial charge in [0.25, 0.3) is 0 Å². The highest BCUT2D eigenvalue weighted by molar-refractivity contribution is 5.84. The lowest BCUT2D eigenvalue weighted by molar-refractivity contribution is -0.159. The molecule has 9 heteroatoms. The number of pyridine rings is 1. The summed E-state index contributed by atoms with van der Waals surface area (Å²) >= 11 is 0. The fourth-order valence-electron chi connectivity index (χ4n) is 1.74. The number of alkyl halides is 3. The molecular weight excluding hydrogens is 291 g/mol. The van der Waals surface area contributed by atoms with Crippen LogP contribution < -0.4 is 10.2 Å². The number of nitrogens with zero attached hydrogens (tertiary/aromatic N) is 2. The van der Waals surface area contributed by atoms with Gasteiger partial charge in [0, 0.05) is 13.1 Å². The van der Waals surface area contributed by atoms with Crippen molar-refractivity contribution in [2.45, 2.75) is 6.18 Å². The summed E-state index contributed by atoms with van der Waals surface area (Å²) in [5.74, 6) is 0.715. The molecule has 2 heterocycles. The third-order valence-electron chi connectivity index (χ3n) is 2.70. The van der Waals surface area contributed by atoms with Crippen molar-refractivity contribution in [3.05, 3.63) is 18.3 Å². The number of rotatable bonds is 3. The van der Waals surface area contributed by atoms with Crippen molar-refractivity contribution in [1.82, 2.24) is 4.98 Å². The Morgan fingerprint density at radius 3 is 2.67 bits per heavy atom. The number of hydrogen-bond acceptors (Lipinski definition) is 5. The molecule has 0 atom stereocenters. The second-order valence-corrected chi connectivity index (χ2v) is 4.32. The van der Waals surface area contributed by atoms with Gasteiger partial charge in [0.1, 0.15) is 5.82 Å². The van der Waals surface area contributed by atoms with Crippen molar-refractivity contribution in [2.75, 3.05) is 43.1 Å². The molecule has 0 aliphatic carbocycles. The van der Waals surface area contributed by atoms with E-state index in [4.69, 9.17) is 4.74 Å². The predicted molar refractivity (Wildman–Crippen MR) is 68.3 cm³/mol. The van der Waals surface area contributed by atoms with Crippen LogP contribution >= 0.6 is 0 Å². The second-order valence-electron chi connectivity index (χ2n) is 4.32. The maximum atomic E-state index is 11.9. The molecule has 0 bridgehead atoms. The molecule has 1 aliphatic heterocycles. The summed E-state index contributed by atoms with van der Waals surface area (Å²) < 4.78 is 44.9. The van der Waals surface area contributed by atoms with Crippen molar-refractivity contribution in [3.63, 3.8) is 0 Å². The maximum absolute atomic E-state index is 11.9. The maximum Gasteiger partial charge on any atom is 0.422 e. The molecule has 1 aromatic rings. The Bertz CT molecular complexity index is 473. The molecule has 1 aromatic heterocycles. The molecule has 0 saturated carbocycles. The van der Waals surface area contributed by atoms with Crippen molar-refractivity contribution in [3.8, 4) is 0 Å². The highest BCUT2D eigenvalue weighted by Gasteiger charge is 2.29. The molecule has 2 rings (SSSR count). The third-order valence-corrected chi connectivity index (χ3v) is 2.70. The van der Waals surface area contributed by atoms with Gasteiger partial charge in [-0.1, -0.05) is 0 Å². The Hall–Kier alpha value is -2.03. The molecule has 0 spiro atoms. The van der Waals surface area contributed by atoms with Crippen LogP contribution in [0.5, 0.6) is 0 Å². The quantitative estimate of drug-likeness (QED) is 0.925. The number of amides is 1. The highest BCUT2D eigenvalue weighted by Crippen LogP contribution is 2.17. The molecule has 0 radical (unpaired) electrons. The average molecular weight is 305 g/mol. The predicted octanol–water partition coefficient (Wildman–Crippen LogP) is 2.03. The normalized spacial score (nSPS) is 15.7. The molecule has 1 saturated heterocycles. The number of aromatic nitrogens is 1. The highest BCUT2D eigenvalue weighted by atomic mass is 19.4. The number of halogens is 3. The van der Waals surface area contributed by atoms with Gasteiger partial charge in [0.05, 0.1) is 25.1 Å². The van der Waals surface area contributed by atoms with Crippen molar-refractivity contribution in [1.29, 1.82) is 0 Å². The summed E-state index contributed by atoms with van der Waals surface area (Å²) in [6.07, 6.45) is -4.36. The van der Waals surface area contributed by atoms with Crippen LogP contribution in [0.3, 0.4) is 0 Å². The lowest BCUT2D eigenvalue weighted by atomic mass is 10.3. The lowest BCUT2D eigenvalue weighted by Gasteiger charge is -2.27. The fraction of sp³-hybridized carbons (Fsp3) is 0.500. The lowest BCUT2D eigenvalue weighted by Crippen LogP contribution is -2.36. The summed E-state index contributed by atoms with van der Waals surface area (Å²) in [6.45, 7) is 1.04. The largest absolute Gasteiger partial charge is 0.440 e. The van der Waals surface area contributed by atoms with E-state index in [9.17, 15) is 18.0 Å². The van der Waals surface area contributed by atoms with E-state index in [1.165, 1.54) is 6.20 Å². The van der Waals surface area contributed by atoms with Crippen LogP contribution in [0.1, 0.15) is 0 Å². The Balaban J connectivity index is 1.85. The van der Waals surface area contributed by atoms with Crippen LogP contribution in [0.2, 0.25) is 0 Å². The zero-order valence-corrected chi connectivity index (χ0v) is 11.0. The van der Waals surface area contributed by atoms with Crippen molar-refractivity contribution < 1.29 is 27.4 Å². The minimum Gasteiger partial charge on any atom is -0.440 e. The van der Waals surface area contributed by atoms with Crippen LogP contribution in [-0.2, 0) is 9.47 Å². The fourth-order valence-corrected chi connectivity index (χ4v) is 1.74. The topological polar surface area (TPSA) is 63.7 Å². The molecule has 0 aromatic carbocycles. The first-order chi connectivity index (χ1) is 9.94. The number of morpholine rings is 1. The monoisotopic (exact) mass is 305 g/mol. The van der Waals surface area contributed by atoms with Crippen LogP contribution in [-0.4, -0.2) is 50.2 Å². The summed E-state index contributed by atoms with van der Waals surface area (Å²) in [7, 11) is 0. The molecule has 1 aliphatic rings. The zero-order chi connectivity index (χ0) is 15.3. The summed E-state index contributed by atoms with van der Waals surface area (Å²) in [5.41, 5.74) is 0.263. The van der Waals surface area contributed by atoms with E-state index in [0.29, 0.717) is 32.1 Å². The van der Waals surface area contributed by atoms with Gasteiger partial charge >= 0.3 is 12.3 Å². The van der Waals surface area contributed by atoms with Crippen molar-refractivity contribution in [2.24, 2.45) is 0 Å². The van der Waals surface area contributed by atoms with Crippen LogP contribution in [0.25, 0.3) is 0 Å².